The van der Waals surface area contributed by atoms with Crippen molar-refractivity contribution in [1.82, 2.24) is 10.2 Å². The van der Waals surface area contributed by atoms with Gasteiger partial charge in [-0.1, -0.05) is 32.6 Å². The van der Waals surface area contributed by atoms with E-state index in [1.165, 1.54) is 4.90 Å². The number of amides is 2. The first-order valence-corrected chi connectivity index (χ1v) is 8.79. The number of fused-ring (bicyclic) bond motifs is 1. The number of carbonyl (C=O) groups excluding carboxylic acids is 2. The molecule has 0 aliphatic carbocycles. The number of hydrogen-bond donors (Lipinski definition) is 2. The third-order valence-electron chi connectivity index (χ3n) is 4.11. The van der Waals surface area contributed by atoms with Crippen LogP contribution in [0.4, 0.5) is 5.69 Å². The molecule has 0 atom stereocenters. The molecule has 27 heavy (non-hydrogen) atoms. The van der Waals surface area contributed by atoms with E-state index in [0.29, 0.717) is 29.2 Å². The molecule has 2 amide bonds. The summed E-state index contributed by atoms with van der Waals surface area (Å²) in [6, 6.07) is 12.4. The summed E-state index contributed by atoms with van der Waals surface area (Å²) in [5, 5.41) is 5.90. The fourth-order valence-electron chi connectivity index (χ4n) is 2.55. The van der Waals surface area contributed by atoms with Gasteiger partial charge in [0.1, 0.15) is 11.6 Å². The molecular formula is C21H25N3O3. The van der Waals surface area contributed by atoms with Crippen LogP contribution in [-0.2, 0) is 6.54 Å². The number of ether oxygens (including phenoxy) is 1. The summed E-state index contributed by atoms with van der Waals surface area (Å²) in [5.41, 5.74) is 2.55. The maximum atomic E-state index is 12.4. The van der Waals surface area contributed by atoms with Crippen LogP contribution in [0.5, 0.6) is 5.75 Å². The van der Waals surface area contributed by atoms with Gasteiger partial charge in [0.05, 0.1) is 18.4 Å². The van der Waals surface area contributed by atoms with E-state index >= 15 is 0 Å². The lowest BCUT2D eigenvalue weighted by atomic mass is 10.1. The second kappa shape index (κ2) is 8.89. The number of carbonyl (C=O) groups is 2. The van der Waals surface area contributed by atoms with Gasteiger partial charge in [-0.3, -0.25) is 14.5 Å². The van der Waals surface area contributed by atoms with Gasteiger partial charge < -0.3 is 15.4 Å². The van der Waals surface area contributed by atoms with Crippen LogP contribution in [0, 0.1) is 0 Å². The predicted molar refractivity (Wildman–Crippen MR) is 107 cm³/mol. The number of nitrogens with zero attached hydrogens (tertiary/aromatic N) is 1. The van der Waals surface area contributed by atoms with Gasteiger partial charge in [0.15, 0.2) is 0 Å². The third kappa shape index (κ3) is 4.47. The van der Waals surface area contributed by atoms with Crippen LogP contribution in [0.1, 0.15) is 40.1 Å². The standard InChI is InChI=1S/C19H19N3O3.C2H6/c1-12-21-17-10-14(6-9-16(17)19(24)22(12)2)18(23)20-11-13-4-7-15(25-3)8-5-13;1-2/h4-10,21H,1,11H2,2-3H3,(H,20,23);1-2H3. The van der Waals surface area contributed by atoms with Gasteiger partial charge in [0, 0.05) is 19.2 Å². The van der Waals surface area contributed by atoms with E-state index in [9.17, 15) is 9.59 Å². The molecule has 3 rings (SSSR count). The summed E-state index contributed by atoms with van der Waals surface area (Å²) in [7, 11) is 3.26. The molecule has 0 aromatic heterocycles. The zero-order valence-corrected chi connectivity index (χ0v) is 16.1. The van der Waals surface area contributed by atoms with Gasteiger partial charge in [-0.2, -0.15) is 0 Å². The van der Waals surface area contributed by atoms with E-state index in [-0.39, 0.29) is 11.8 Å². The number of anilines is 1. The number of methoxy groups -OCH3 is 1. The second-order valence-corrected chi connectivity index (χ2v) is 5.73. The Morgan fingerprint density at radius 2 is 1.85 bits per heavy atom. The van der Waals surface area contributed by atoms with Crippen molar-refractivity contribution in [3.05, 3.63) is 71.6 Å². The fraction of sp³-hybridized carbons (Fsp3) is 0.238. The Balaban J connectivity index is 0.00000126. The average molecular weight is 367 g/mol. The molecule has 2 aromatic rings. The van der Waals surface area contributed by atoms with E-state index in [1.807, 2.05) is 38.1 Å². The average Bonchev–Trinajstić information content (AvgIpc) is 2.71. The third-order valence-corrected chi connectivity index (χ3v) is 4.11. The molecule has 2 N–H and O–H groups in total. The van der Waals surface area contributed by atoms with Crippen molar-refractivity contribution in [2.24, 2.45) is 0 Å². The lowest BCUT2D eigenvalue weighted by Crippen LogP contribution is -2.34. The zero-order chi connectivity index (χ0) is 20.0. The second-order valence-electron chi connectivity index (χ2n) is 5.73. The minimum Gasteiger partial charge on any atom is -0.497 e. The van der Waals surface area contributed by atoms with Crippen molar-refractivity contribution in [3.8, 4) is 5.75 Å². The zero-order valence-electron chi connectivity index (χ0n) is 16.1. The van der Waals surface area contributed by atoms with E-state index in [1.54, 1.807) is 32.4 Å². The number of rotatable bonds is 4. The molecule has 6 heteroatoms. The van der Waals surface area contributed by atoms with Crippen LogP contribution in [0.2, 0.25) is 0 Å². The first-order chi connectivity index (χ1) is 13.0. The summed E-state index contributed by atoms with van der Waals surface area (Å²) in [4.78, 5) is 26.0. The Kier molecular flexibility index (Phi) is 6.60. The minimum absolute atomic E-state index is 0.149. The predicted octanol–water partition coefficient (Wildman–Crippen LogP) is 3.62. The van der Waals surface area contributed by atoms with Crippen molar-refractivity contribution in [1.29, 1.82) is 0 Å². The van der Waals surface area contributed by atoms with Crippen LogP contribution < -0.4 is 15.4 Å². The molecule has 0 fully saturated rings. The normalized spacial score (nSPS) is 12.4. The maximum Gasteiger partial charge on any atom is 0.261 e. The van der Waals surface area contributed by atoms with E-state index < -0.39 is 0 Å². The van der Waals surface area contributed by atoms with Gasteiger partial charge in [0.2, 0.25) is 0 Å². The van der Waals surface area contributed by atoms with Gasteiger partial charge in [0.25, 0.3) is 11.8 Å². The highest BCUT2D eigenvalue weighted by atomic mass is 16.5. The molecule has 0 bridgehead atoms. The van der Waals surface area contributed by atoms with Crippen molar-refractivity contribution < 1.29 is 14.3 Å². The monoisotopic (exact) mass is 367 g/mol. The minimum atomic E-state index is -0.211. The molecule has 0 unspecified atom stereocenters. The van der Waals surface area contributed by atoms with Crippen molar-refractivity contribution in [3.63, 3.8) is 0 Å². The van der Waals surface area contributed by atoms with E-state index in [0.717, 1.165) is 11.3 Å². The van der Waals surface area contributed by atoms with Crippen molar-refractivity contribution in [2.45, 2.75) is 20.4 Å². The van der Waals surface area contributed by atoms with Crippen LogP contribution in [0.15, 0.2) is 54.9 Å². The Bertz CT molecular complexity index is 844. The summed E-state index contributed by atoms with van der Waals surface area (Å²) in [6.07, 6.45) is 0. The highest BCUT2D eigenvalue weighted by Crippen LogP contribution is 2.26. The van der Waals surface area contributed by atoms with Gasteiger partial charge >= 0.3 is 0 Å². The van der Waals surface area contributed by atoms with Crippen LogP contribution in [0.25, 0.3) is 0 Å². The first kappa shape index (κ1) is 20.0. The highest BCUT2D eigenvalue weighted by Gasteiger charge is 2.24. The topological polar surface area (TPSA) is 70.7 Å². The lowest BCUT2D eigenvalue weighted by Gasteiger charge is -2.28. The van der Waals surface area contributed by atoms with E-state index in [4.69, 9.17) is 4.74 Å². The summed E-state index contributed by atoms with van der Waals surface area (Å²) in [5.74, 6) is 0.889. The van der Waals surface area contributed by atoms with Gasteiger partial charge in [-0.05, 0) is 35.9 Å². The van der Waals surface area contributed by atoms with Gasteiger partial charge in [-0.15, -0.1) is 0 Å². The summed E-state index contributed by atoms with van der Waals surface area (Å²) in [6.45, 7) is 8.20. The molecule has 0 spiro atoms. The van der Waals surface area contributed by atoms with E-state index in [2.05, 4.69) is 17.2 Å². The summed E-state index contributed by atoms with van der Waals surface area (Å²) >= 11 is 0. The molecule has 1 heterocycles. The first-order valence-electron chi connectivity index (χ1n) is 8.79. The van der Waals surface area contributed by atoms with Crippen LogP contribution in [0.3, 0.4) is 0 Å². The van der Waals surface area contributed by atoms with Crippen LogP contribution >= 0.6 is 0 Å². The number of benzene rings is 2. The largest absolute Gasteiger partial charge is 0.497 e. The molecule has 1 aliphatic rings. The Hall–Kier alpha value is -3.28. The molecule has 0 radical (unpaired) electrons. The lowest BCUT2D eigenvalue weighted by molar-refractivity contribution is 0.0831. The molecule has 6 nitrogen and oxygen atoms in total. The van der Waals surface area contributed by atoms with Crippen molar-refractivity contribution >= 4 is 17.5 Å². The summed E-state index contributed by atoms with van der Waals surface area (Å²) < 4.78 is 5.11. The molecule has 0 saturated carbocycles. The molecular weight excluding hydrogens is 342 g/mol. The van der Waals surface area contributed by atoms with Crippen LogP contribution in [-0.4, -0.2) is 30.9 Å². The highest BCUT2D eigenvalue weighted by molar-refractivity contribution is 6.05. The quantitative estimate of drug-likeness (QED) is 0.866. The molecule has 1 aliphatic heterocycles. The molecule has 2 aromatic carbocycles. The number of nitrogens with one attached hydrogen (secondary N) is 2. The smallest absolute Gasteiger partial charge is 0.261 e. The Morgan fingerprint density at radius 3 is 2.48 bits per heavy atom. The number of hydrogen-bond acceptors (Lipinski definition) is 4. The Morgan fingerprint density at radius 1 is 1.19 bits per heavy atom. The van der Waals surface area contributed by atoms with Crippen molar-refractivity contribution in [2.75, 3.05) is 19.5 Å². The molecule has 0 saturated heterocycles. The fourth-order valence-corrected chi connectivity index (χ4v) is 2.55. The molecule has 142 valence electrons. The van der Waals surface area contributed by atoms with Gasteiger partial charge in [-0.25, -0.2) is 0 Å². The Labute approximate surface area is 159 Å². The SMILES string of the molecule is C=C1Nc2cc(C(=O)NCc3ccc(OC)cc3)ccc2C(=O)N1C.CC. The maximum absolute atomic E-state index is 12.4.